The summed E-state index contributed by atoms with van der Waals surface area (Å²) < 4.78 is 1.43. The van der Waals surface area contributed by atoms with Gasteiger partial charge in [0, 0.05) is 57.0 Å². The van der Waals surface area contributed by atoms with Gasteiger partial charge in [-0.3, -0.25) is 19.6 Å². The van der Waals surface area contributed by atoms with E-state index in [4.69, 9.17) is 11.5 Å². The largest absolute Gasteiger partial charge is 0.354 e. The highest BCUT2D eigenvalue weighted by molar-refractivity contribution is 5.92. The van der Waals surface area contributed by atoms with Crippen molar-refractivity contribution in [2.45, 2.75) is 32.0 Å². The first-order chi connectivity index (χ1) is 17.1. The summed E-state index contributed by atoms with van der Waals surface area (Å²) in [5, 5.41) is 2.63. The number of hydrogen-bond donors (Lipinski definition) is 3. The van der Waals surface area contributed by atoms with Crippen LogP contribution in [0.3, 0.4) is 0 Å². The number of hydrogen-bond acceptors (Lipinski definition) is 7. The molecular weight excluding hydrogens is 460 g/mol. The number of piperidine rings is 1. The maximum absolute atomic E-state index is 12.7. The van der Waals surface area contributed by atoms with E-state index in [9.17, 15) is 14.4 Å². The number of aromatic nitrogens is 2. The Kier molecular flexibility index (Phi) is 6.31. The topological polar surface area (TPSA) is 143 Å². The molecule has 0 radical (unpaired) electrons. The van der Waals surface area contributed by atoms with Crippen LogP contribution in [-0.2, 0) is 11.3 Å². The van der Waals surface area contributed by atoms with Gasteiger partial charge in [0.05, 0.1) is 5.69 Å². The van der Waals surface area contributed by atoms with Crippen LogP contribution in [0.25, 0.3) is 5.69 Å². The summed E-state index contributed by atoms with van der Waals surface area (Å²) >= 11 is 0. The fourth-order valence-corrected chi connectivity index (χ4v) is 5.21. The number of fused-ring (bicyclic) bond motifs is 1. The summed E-state index contributed by atoms with van der Waals surface area (Å²) in [6.07, 6.45) is 1.59. The fraction of sp³-hybridized carbons (Fsp3) is 0.520. The molecule has 3 amide bonds. The van der Waals surface area contributed by atoms with Crippen LogP contribution >= 0.6 is 0 Å². The van der Waals surface area contributed by atoms with E-state index in [1.807, 2.05) is 38.1 Å². The van der Waals surface area contributed by atoms with Crippen LogP contribution < -0.4 is 22.5 Å². The molecule has 3 fully saturated rings. The molecule has 1 aromatic carbocycles. The number of piperazine rings is 1. The monoisotopic (exact) mass is 494 g/mol. The number of nitrogens with zero attached hydrogens (tertiary/aromatic N) is 5. The fourth-order valence-electron chi connectivity index (χ4n) is 5.21. The number of anilines is 1. The van der Waals surface area contributed by atoms with Crippen molar-refractivity contribution in [3.05, 3.63) is 52.6 Å². The summed E-state index contributed by atoms with van der Waals surface area (Å²) in [4.78, 5) is 47.2. The highest BCUT2D eigenvalue weighted by Gasteiger charge is 2.53. The molecule has 2 saturated heterocycles. The third-order valence-corrected chi connectivity index (χ3v) is 7.20. The van der Waals surface area contributed by atoms with E-state index in [2.05, 4.69) is 15.2 Å². The van der Waals surface area contributed by atoms with E-state index in [0.29, 0.717) is 43.2 Å². The zero-order valence-corrected chi connectivity index (χ0v) is 20.8. The first-order valence-corrected chi connectivity index (χ1v) is 12.4. The van der Waals surface area contributed by atoms with Crippen LogP contribution in [0.2, 0.25) is 0 Å². The average Bonchev–Trinajstić information content (AvgIpc) is 3.21. The van der Waals surface area contributed by atoms with Crippen molar-refractivity contribution in [1.29, 1.82) is 0 Å². The molecule has 3 atom stereocenters. The molecule has 0 bridgehead atoms. The van der Waals surface area contributed by atoms with Crippen molar-refractivity contribution < 1.29 is 9.59 Å². The van der Waals surface area contributed by atoms with Gasteiger partial charge in [-0.1, -0.05) is 12.1 Å². The van der Waals surface area contributed by atoms with Gasteiger partial charge in [-0.2, -0.15) is 4.98 Å². The molecule has 2 unspecified atom stereocenters. The first-order valence-electron chi connectivity index (χ1n) is 12.4. The minimum Gasteiger partial charge on any atom is -0.338 e. The van der Waals surface area contributed by atoms with Gasteiger partial charge in [0.15, 0.2) is 0 Å². The molecule has 1 saturated carbocycles. The van der Waals surface area contributed by atoms with Crippen molar-refractivity contribution >= 4 is 17.8 Å². The second-order valence-corrected chi connectivity index (χ2v) is 10.9. The number of nitrogens with two attached hydrogens (primary N) is 2. The Balaban J connectivity index is 1.16. The zero-order chi connectivity index (χ0) is 25.6. The summed E-state index contributed by atoms with van der Waals surface area (Å²) in [6, 6.07) is 9.32. The van der Waals surface area contributed by atoms with Crippen molar-refractivity contribution in [3.8, 4) is 5.69 Å². The smallest absolute Gasteiger partial charge is 0.338 e. The lowest BCUT2D eigenvalue weighted by Gasteiger charge is -2.37. The van der Waals surface area contributed by atoms with Gasteiger partial charge in [-0.15, -0.1) is 0 Å². The van der Waals surface area contributed by atoms with Crippen LogP contribution in [-0.4, -0.2) is 87.0 Å². The normalized spacial score (nSPS) is 24.1. The number of likely N-dealkylation sites (tertiary alicyclic amines) is 1. The highest BCUT2D eigenvalue weighted by Crippen LogP contribution is 2.44. The minimum absolute atomic E-state index is 0.0448. The number of rotatable bonds is 6. The van der Waals surface area contributed by atoms with E-state index in [1.54, 1.807) is 17.2 Å². The Morgan fingerprint density at radius 1 is 1.11 bits per heavy atom. The minimum atomic E-state index is -0.503. The Morgan fingerprint density at radius 3 is 2.42 bits per heavy atom. The van der Waals surface area contributed by atoms with Crippen LogP contribution in [0.1, 0.15) is 19.4 Å². The Morgan fingerprint density at radius 2 is 1.81 bits per heavy atom. The van der Waals surface area contributed by atoms with Gasteiger partial charge in [0.2, 0.25) is 5.91 Å². The maximum atomic E-state index is 12.7. The van der Waals surface area contributed by atoms with Gasteiger partial charge >= 0.3 is 11.7 Å². The molecular formula is C25H34N8O3. The van der Waals surface area contributed by atoms with E-state index in [-0.39, 0.29) is 18.3 Å². The van der Waals surface area contributed by atoms with Crippen molar-refractivity contribution in [1.82, 2.24) is 24.3 Å². The van der Waals surface area contributed by atoms with Gasteiger partial charge in [-0.25, -0.2) is 9.59 Å². The molecule has 5 N–H and O–H groups in total. The van der Waals surface area contributed by atoms with Gasteiger partial charge in [0.25, 0.3) is 0 Å². The van der Waals surface area contributed by atoms with Crippen LogP contribution in [0.15, 0.2) is 41.3 Å². The van der Waals surface area contributed by atoms with Crippen LogP contribution in [0, 0.1) is 11.8 Å². The van der Waals surface area contributed by atoms with Gasteiger partial charge < -0.3 is 21.3 Å². The molecule has 0 spiro atoms. The van der Waals surface area contributed by atoms with Gasteiger partial charge in [0.1, 0.15) is 12.4 Å². The maximum Gasteiger partial charge on any atom is 0.354 e. The first kappa shape index (κ1) is 24.4. The van der Waals surface area contributed by atoms with Crippen LogP contribution in [0.4, 0.5) is 10.6 Å². The quantitative estimate of drug-likeness (QED) is 0.514. The molecule has 2 aromatic rings. The number of urea groups is 1. The molecule has 1 aliphatic carbocycles. The van der Waals surface area contributed by atoms with Crippen molar-refractivity contribution in [2.24, 2.45) is 23.3 Å². The molecule has 2 aliphatic heterocycles. The third-order valence-electron chi connectivity index (χ3n) is 7.20. The number of nitrogens with one attached hydrogen (secondary N) is 1. The molecule has 1 aromatic heterocycles. The molecule has 5 rings (SSSR count). The molecule has 36 heavy (non-hydrogen) atoms. The zero-order valence-electron chi connectivity index (χ0n) is 20.8. The Labute approximate surface area is 210 Å². The standard InChI is InChI=1S/C25H34N8O3/c1-25(2,27)15-32-10-9-31(14-21(32)34)23(35)28-20-7-8-33(24(36)29-20)17-5-3-16(4-6-17)11-30-12-18-19(13-30)22(18)26/h3-8,18-19,22H,9-15,26-27H2,1-2H3,(H,28,29,35,36)/t18-,19?,22?/m1/s1. The number of carbonyl (C=O) groups is 2. The number of amides is 3. The lowest BCUT2D eigenvalue weighted by Crippen LogP contribution is -2.57. The molecule has 11 heteroatoms. The molecule has 3 aliphatic rings. The summed E-state index contributed by atoms with van der Waals surface area (Å²) in [5.74, 6) is 1.29. The Hall–Kier alpha value is -3.28. The summed E-state index contributed by atoms with van der Waals surface area (Å²) in [6.45, 7) is 7.86. The number of carbonyl (C=O) groups excluding carboxylic acids is 2. The lowest BCUT2D eigenvalue weighted by molar-refractivity contribution is -0.135. The third kappa shape index (κ3) is 5.28. The summed E-state index contributed by atoms with van der Waals surface area (Å²) in [5.41, 5.74) is 12.9. The van der Waals surface area contributed by atoms with E-state index in [1.165, 1.54) is 15.0 Å². The molecule has 192 valence electrons. The molecule has 11 nitrogen and oxygen atoms in total. The highest BCUT2D eigenvalue weighted by atomic mass is 16.2. The van der Waals surface area contributed by atoms with Crippen molar-refractivity contribution in [3.63, 3.8) is 0 Å². The predicted molar refractivity (Wildman–Crippen MR) is 136 cm³/mol. The summed E-state index contributed by atoms with van der Waals surface area (Å²) in [7, 11) is 0. The predicted octanol–water partition coefficient (Wildman–Crippen LogP) is 0.0348. The number of benzene rings is 1. The average molecular weight is 495 g/mol. The van der Waals surface area contributed by atoms with E-state index >= 15 is 0 Å². The molecule has 3 heterocycles. The van der Waals surface area contributed by atoms with E-state index in [0.717, 1.165) is 19.6 Å². The van der Waals surface area contributed by atoms with E-state index < -0.39 is 17.3 Å². The SMILES string of the molecule is CC(C)(N)CN1CCN(C(=O)Nc2ccn(-c3ccc(CN4CC5C(N)[C@@H]5C4)cc3)c(=O)n2)CC1=O. The van der Waals surface area contributed by atoms with Crippen molar-refractivity contribution in [2.75, 3.05) is 44.6 Å². The second kappa shape index (κ2) is 9.30. The lowest BCUT2D eigenvalue weighted by atomic mass is 10.1. The second-order valence-electron chi connectivity index (χ2n) is 10.9. The Bertz CT molecular complexity index is 1190. The van der Waals surface area contributed by atoms with Gasteiger partial charge in [-0.05, 0) is 49.4 Å². The van der Waals surface area contributed by atoms with Crippen LogP contribution in [0.5, 0.6) is 0 Å².